The molecule has 1 heterocycles. The van der Waals surface area contributed by atoms with Gasteiger partial charge in [0.2, 0.25) is 0 Å². The zero-order chi connectivity index (χ0) is 12.3. The predicted octanol–water partition coefficient (Wildman–Crippen LogP) is 3.13. The van der Waals surface area contributed by atoms with Crippen molar-refractivity contribution in [2.75, 3.05) is 5.32 Å². The van der Waals surface area contributed by atoms with Crippen molar-refractivity contribution in [2.24, 2.45) is 0 Å². The van der Waals surface area contributed by atoms with Crippen LogP contribution in [0.4, 0.5) is 5.82 Å². The maximum absolute atomic E-state index is 5.88. The second-order valence-electron chi connectivity index (χ2n) is 4.65. The fraction of sp³-hybridized carbons (Fsp3) is 0.455. The maximum Gasteiger partial charge on any atom is 0.172 e. The van der Waals surface area contributed by atoms with Gasteiger partial charge in [0.25, 0.3) is 0 Å². The van der Waals surface area contributed by atoms with Crippen LogP contribution in [0.2, 0.25) is 5.02 Å². The molecule has 0 spiro atoms. The first-order chi connectivity index (χ1) is 7.28. The summed E-state index contributed by atoms with van der Waals surface area (Å²) in [6.45, 7) is 8.06. The van der Waals surface area contributed by atoms with Gasteiger partial charge in [0, 0.05) is 11.7 Å². The monoisotopic (exact) mass is 257 g/mol. The van der Waals surface area contributed by atoms with Crippen molar-refractivity contribution >= 4 is 34.7 Å². The van der Waals surface area contributed by atoms with Gasteiger partial charge in [0.1, 0.15) is 5.82 Å². The molecule has 0 atom stereocenters. The molecule has 0 amide bonds. The number of pyridine rings is 1. The molecule has 0 aliphatic heterocycles. The zero-order valence-electron chi connectivity index (χ0n) is 9.89. The van der Waals surface area contributed by atoms with Crippen molar-refractivity contribution in [3.63, 3.8) is 0 Å². The molecule has 0 saturated carbocycles. The Morgan fingerprint density at radius 2 is 2.06 bits per heavy atom. The van der Waals surface area contributed by atoms with Gasteiger partial charge in [-0.1, -0.05) is 11.6 Å². The average molecular weight is 258 g/mol. The second-order valence-corrected chi connectivity index (χ2v) is 5.46. The summed E-state index contributed by atoms with van der Waals surface area (Å²) in [6.07, 6.45) is 1.61. The quantitative estimate of drug-likeness (QED) is 0.758. The van der Waals surface area contributed by atoms with E-state index in [-0.39, 0.29) is 5.54 Å². The van der Waals surface area contributed by atoms with Gasteiger partial charge in [0.05, 0.1) is 5.02 Å². The third-order valence-corrected chi connectivity index (χ3v) is 2.38. The van der Waals surface area contributed by atoms with Crippen molar-refractivity contribution in [1.82, 2.24) is 10.3 Å². The standard InChI is InChI=1S/C11H16ClN3S/c1-7-5-9(13-6-8(7)12)14-10(16)15-11(2,3)4/h5-6H,1-4H3,(H2,13,14,15,16). The highest BCUT2D eigenvalue weighted by atomic mass is 35.5. The van der Waals surface area contributed by atoms with Crippen LogP contribution in [0.25, 0.3) is 0 Å². The summed E-state index contributed by atoms with van der Waals surface area (Å²) in [6, 6.07) is 1.86. The van der Waals surface area contributed by atoms with Crippen molar-refractivity contribution in [1.29, 1.82) is 0 Å². The number of hydrogen-bond donors (Lipinski definition) is 2. The van der Waals surface area contributed by atoms with Gasteiger partial charge in [-0.2, -0.15) is 0 Å². The summed E-state index contributed by atoms with van der Waals surface area (Å²) >= 11 is 11.0. The van der Waals surface area contributed by atoms with Gasteiger partial charge in [-0.25, -0.2) is 4.98 Å². The lowest BCUT2D eigenvalue weighted by Gasteiger charge is -2.22. The molecule has 1 rings (SSSR count). The highest BCUT2D eigenvalue weighted by Crippen LogP contribution is 2.16. The Morgan fingerprint density at radius 1 is 1.44 bits per heavy atom. The minimum absolute atomic E-state index is 0.0639. The lowest BCUT2D eigenvalue weighted by Crippen LogP contribution is -2.43. The minimum atomic E-state index is -0.0639. The Balaban J connectivity index is 2.67. The number of halogens is 1. The van der Waals surface area contributed by atoms with Crippen LogP contribution in [0, 0.1) is 6.92 Å². The van der Waals surface area contributed by atoms with Gasteiger partial charge >= 0.3 is 0 Å². The third-order valence-electron chi connectivity index (χ3n) is 1.78. The highest BCUT2D eigenvalue weighted by Gasteiger charge is 2.11. The van der Waals surface area contributed by atoms with E-state index in [0.29, 0.717) is 16.0 Å². The molecule has 0 bridgehead atoms. The molecule has 88 valence electrons. The summed E-state index contributed by atoms with van der Waals surface area (Å²) in [7, 11) is 0. The lowest BCUT2D eigenvalue weighted by molar-refractivity contribution is 0.515. The molecule has 0 aromatic carbocycles. The first kappa shape index (κ1) is 13.2. The first-order valence-corrected chi connectivity index (χ1v) is 5.78. The van der Waals surface area contributed by atoms with E-state index in [9.17, 15) is 0 Å². The van der Waals surface area contributed by atoms with Gasteiger partial charge in [0.15, 0.2) is 5.11 Å². The molecule has 3 nitrogen and oxygen atoms in total. The molecule has 0 radical (unpaired) electrons. The molecular formula is C11H16ClN3S. The lowest BCUT2D eigenvalue weighted by atomic mass is 10.1. The Morgan fingerprint density at radius 3 is 2.56 bits per heavy atom. The molecule has 0 aliphatic rings. The largest absolute Gasteiger partial charge is 0.358 e. The van der Waals surface area contributed by atoms with Gasteiger partial charge in [-0.3, -0.25) is 0 Å². The summed E-state index contributed by atoms with van der Waals surface area (Å²) in [5.74, 6) is 0.698. The van der Waals surface area contributed by atoms with Crippen molar-refractivity contribution in [2.45, 2.75) is 33.2 Å². The van der Waals surface area contributed by atoms with E-state index in [1.54, 1.807) is 6.20 Å². The van der Waals surface area contributed by atoms with Crippen LogP contribution in [0.15, 0.2) is 12.3 Å². The fourth-order valence-corrected chi connectivity index (χ4v) is 1.61. The van der Waals surface area contributed by atoms with Crippen LogP contribution >= 0.6 is 23.8 Å². The number of aryl methyl sites for hydroxylation is 1. The van der Waals surface area contributed by atoms with Crippen LogP contribution in [0.1, 0.15) is 26.3 Å². The smallest absolute Gasteiger partial charge is 0.172 e. The Kier molecular flexibility index (Phi) is 4.10. The normalized spacial score (nSPS) is 11.1. The fourth-order valence-electron chi connectivity index (χ4n) is 1.10. The number of rotatable bonds is 1. The second kappa shape index (κ2) is 4.97. The molecule has 1 aromatic heterocycles. The van der Waals surface area contributed by atoms with E-state index in [2.05, 4.69) is 15.6 Å². The molecule has 0 unspecified atom stereocenters. The summed E-state index contributed by atoms with van der Waals surface area (Å²) in [5.41, 5.74) is 0.906. The number of thiocarbonyl (C=S) groups is 1. The van der Waals surface area contributed by atoms with Crippen LogP contribution in [0.5, 0.6) is 0 Å². The van der Waals surface area contributed by atoms with Crippen LogP contribution in [0.3, 0.4) is 0 Å². The third kappa shape index (κ3) is 4.33. The van der Waals surface area contributed by atoms with E-state index in [1.165, 1.54) is 0 Å². The van der Waals surface area contributed by atoms with Crippen molar-refractivity contribution < 1.29 is 0 Å². The first-order valence-electron chi connectivity index (χ1n) is 4.99. The summed E-state index contributed by atoms with van der Waals surface area (Å²) < 4.78 is 0. The van der Waals surface area contributed by atoms with Crippen molar-refractivity contribution in [3.8, 4) is 0 Å². The molecule has 5 heteroatoms. The number of anilines is 1. The highest BCUT2D eigenvalue weighted by molar-refractivity contribution is 7.80. The Bertz CT molecular complexity index is 399. The average Bonchev–Trinajstić information content (AvgIpc) is 2.08. The zero-order valence-corrected chi connectivity index (χ0v) is 11.5. The van der Waals surface area contributed by atoms with Crippen LogP contribution in [-0.2, 0) is 0 Å². The van der Waals surface area contributed by atoms with Crippen molar-refractivity contribution in [3.05, 3.63) is 22.8 Å². The number of aromatic nitrogens is 1. The maximum atomic E-state index is 5.88. The number of hydrogen-bond acceptors (Lipinski definition) is 2. The van der Waals surface area contributed by atoms with E-state index in [0.717, 1.165) is 5.56 Å². The van der Waals surface area contributed by atoms with Crippen LogP contribution in [-0.4, -0.2) is 15.6 Å². The number of nitrogens with zero attached hydrogens (tertiary/aromatic N) is 1. The minimum Gasteiger partial charge on any atom is -0.358 e. The molecule has 2 N–H and O–H groups in total. The van der Waals surface area contributed by atoms with Gasteiger partial charge in [-0.05, 0) is 51.5 Å². The summed E-state index contributed by atoms with van der Waals surface area (Å²) in [4.78, 5) is 4.14. The number of nitrogens with one attached hydrogen (secondary N) is 2. The molecular weight excluding hydrogens is 242 g/mol. The summed E-state index contributed by atoms with van der Waals surface area (Å²) in [5, 5.41) is 7.38. The van der Waals surface area contributed by atoms with Gasteiger partial charge in [-0.15, -0.1) is 0 Å². The van der Waals surface area contributed by atoms with Crippen LogP contribution < -0.4 is 10.6 Å². The SMILES string of the molecule is Cc1cc(NC(=S)NC(C)(C)C)ncc1Cl. The predicted molar refractivity (Wildman–Crippen MR) is 73.1 cm³/mol. The Labute approximate surface area is 107 Å². The topological polar surface area (TPSA) is 37.0 Å². The van der Waals surface area contributed by atoms with E-state index < -0.39 is 0 Å². The van der Waals surface area contributed by atoms with E-state index in [4.69, 9.17) is 23.8 Å². The Hall–Kier alpha value is -0.870. The molecule has 0 saturated heterocycles. The van der Waals surface area contributed by atoms with E-state index >= 15 is 0 Å². The molecule has 0 aliphatic carbocycles. The van der Waals surface area contributed by atoms with E-state index in [1.807, 2.05) is 33.8 Å². The molecule has 0 fully saturated rings. The molecule has 16 heavy (non-hydrogen) atoms. The molecule has 1 aromatic rings. The van der Waals surface area contributed by atoms with Gasteiger partial charge < -0.3 is 10.6 Å².